The Morgan fingerprint density at radius 1 is 1.35 bits per heavy atom. The minimum Gasteiger partial charge on any atom is -0.370 e. The van der Waals surface area contributed by atoms with E-state index in [1.807, 2.05) is 6.07 Å². The Balaban J connectivity index is 1.83. The van der Waals surface area contributed by atoms with Gasteiger partial charge in [-0.1, -0.05) is 38.3 Å². The molecule has 1 aromatic rings. The largest absolute Gasteiger partial charge is 0.370 e. The van der Waals surface area contributed by atoms with Crippen LogP contribution in [0.2, 0.25) is 0 Å². The molecule has 20 heavy (non-hydrogen) atoms. The SMILES string of the molecule is CCC1CCCC(OCC(=O)c2ccc(C#N)cc2)C1. The van der Waals surface area contributed by atoms with Crippen LogP contribution in [-0.2, 0) is 4.74 Å². The van der Waals surface area contributed by atoms with Crippen molar-refractivity contribution in [3.05, 3.63) is 35.4 Å². The summed E-state index contributed by atoms with van der Waals surface area (Å²) >= 11 is 0. The first-order valence-electron chi connectivity index (χ1n) is 7.38. The van der Waals surface area contributed by atoms with Crippen LogP contribution in [0.5, 0.6) is 0 Å². The zero-order chi connectivity index (χ0) is 14.4. The van der Waals surface area contributed by atoms with Gasteiger partial charge in [0.25, 0.3) is 0 Å². The number of nitrogens with zero attached hydrogens (tertiary/aromatic N) is 1. The summed E-state index contributed by atoms with van der Waals surface area (Å²) in [6.45, 7) is 2.36. The maximum Gasteiger partial charge on any atom is 0.188 e. The lowest BCUT2D eigenvalue weighted by atomic mass is 9.85. The average molecular weight is 271 g/mol. The molecule has 0 bridgehead atoms. The predicted octanol–water partition coefficient (Wildman–Crippen LogP) is 3.73. The second kappa shape index (κ2) is 7.21. The second-order valence-electron chi connectivity index (χ2n) is 5.49. The van der Waals surface area contributed by atoms with Gasteiger partial charge in [0.15, 0.2) is 5.78 Å². The van der Waals surface area contributed by atoms with Gasteiger partial charge in [-0.05, 0) is 30.9 Å². The lowest BCUT2D eigenvalue weighted by Gasteiger charge is -2.28. The van der Waals surface area contributed by atoms with E-state index in [9.17, 15) is 4.79 Å². The van der Waals surface area contributed by atoms with Gasteiger partial charge in [0.2, 0.25) is 0 Å². The predicted molar refractivity (Wildman–Crippen MR) is 77.5 cm³/mol. The quantitative estimate of drug-likeness (QED) is 0.767. The molecule has 1 aliphatic carbocycles. The smallest absolute Gasteiger partial charge is 0.188 e. The minimum absolute atomic E-state index is 0.00638. The zero-order valence-corrected chi connectivity index (χ0v) is 12.0. The van der Waals surface area contributed by atoms with E-state index in [0.29, 0.717) is 11.1 Å². The van der Waals surface area contributed by atoms with Gasteiger partial charge in [0, 0.05) is 5.56 Å². The summed E-state index contributed by atoms with van der Waals surface area (Å²) in [6.07, 6.45) is 6.07. The highest BCUT2D eigenvalue weighted by molar-refractivity contribution is 5.97. The molecule has 0 radical (unpaired) electrons. The monoisotopic (exact) mass is 271 g/mol. The molecule has 1 aliphatic rings. The highest BCUT2D eigenvalue weighted by atomic mass is 16.5. The van der Waals surface area contributed by atoms with E-state index in [-0.39, 0.29) is 18.5 Å². The number of Topliss-reactive ketones (excluding diaryl/α,β-unsaturated/α-hetero) is 1. The molecule has 0 heterocycles. The third kappa shape index (κ3) is 3.91. The third-order valence-electron chi connectivity index (χ3n) is 4.10. The molecule has 0 saturated heterocycles. The molecule has 0 spiro atoms. The maximum atomic E-state index is 12.0. The molecule has 2 unspecified atom stereocenters. The molecule has 2 rings (SSSR count). The van der Waals surface area contributed by atoms with E-state index in [0.717, 1.165) is 18.8 Å². The second-order valence-corrected chi connectivity index (χ2v) is 5.49. The number of carbonyl (C=O) groups is 1. The van der Waals surface area contributed by atoms with Gasteiger partial charge in [0.1, 0.15) is 6.61 Å². The van der Waals surface area contributed by atoms with Crippen LogP contribution in [0.3, 0.4) is 0 Å². The van der Waals surface area contributed by atoms with Gasteiger partial charge in [-0.25, -0.2) is 0 Å². The number of hydrogen-bond acceptors (Lipinski definition) is 3. The van der Waals surface area contributed by atoms with Crippen molar-refractivity contribution >= 4 is 5.78 Å². The number of nitriles is 1. The minimum atomic E-state index is -0.00638. The Morgan fingerprint density at radius 2 is 2.10 bits per heavy atom. The average Bonchev–Trinajstić information content (AvgIpc) is 2.53. The van der Waals surface area contributed by atoms with Crippen molar-refractivity contribution in [2.45, 2.75) is 45.1 Å². The van der Waals surface area contributed by atoms with Crippen molar-refractivity contribution in [3.63, 3.8) is 0 Å². The Hall–Kier alpha value is -1.66. The molecule has 1 fully saturated rings. The number of rotatable bonds is 5. The first kappa shape index (κ1) is 14.7. The van der Waals surface area contributed by atoms with Crippen LogP contribution in [0.4, 0.5) is 0 Å². The Labute approximate surface area is 120 Å². The molecule has 106 valence electrons. The third-order valence-corrected chi connectivity index (χ3v) is 4.10. The van der Waals surface area contributed by atoms with Gasteiger partial charge in [-0.3, -0.25) is 4.79 Å². The van der Waals surface area contributed by atoms with Crippen molar-refractivity contribution in [2.24, 2.45) is 5.92 Å². The van der Waals surface area contributed by atoms with Crippen molar-refractivity contribution in [2.75, 3.05) is 6.61 Å². The van der Waals surface area contributed by atoms with Crippen molar-refractivity contribution in [3.8, 4) is 6.07 Å². The summed E-state index contributed by atoms with van der Waals surface area (Å²) in [5, 5.41) is 8.73. The highest BCUT2D eigenvalue weighted by Crippen LogP contribution is 2.28. The van der Waals surface area contributed by atoms with Crippen molar-refractivity contribution < 1.29 is 9.53 Å². The summed E-state index contributed by atoms with van der Waals surface area (Å²) in [7, 11) is 0. The molecule has 3 nitrogen and oxygen atoms in total. The van der Waals surface area contributed by atoms with Crippen LogP contribution in [0, 0.1) is 17.2 Å². The van der Waals surface area contributed by atoms with Crippen LogP contribution in [0.1, 0.15) is 54.9 Å². The molecular weight excluding hydrogens is 250 g/mol. The first-order valence-corrected chi connectivity index (χ1v) is 7.38. The fraction of sp³-hybridized carbons (Fsp3) is 0.529. The van der Waals surface area contributed by atoms with Gasteiger partial charge in [-0.15, -0.1) is 0 Å². The lowest BCUT2D eigenvalue weighted by Crippen LogP contribution is -2.25. The van der Waals surface area contributed by atoms with E-state index in [2.05, 4.69) is 6.92 Å². The molecular formula is C17H21NO2. The molecule has 0 aromatic heterocycles. The number of benzene rings is 1. The van der Waals surface area contributed by atoms with Crippen molar-refractivity contribution in [1.29, 1.82) is 5.26 Å². The topological polar surface area (TPSA) is 50.1 Å². The van der Waals surface area contributed by atoms with E-state index in [4.69, 9.17) is 10.00 Å². The highest BCUT2D eigenvalue weighted by Gasteiger charge is 2.22. The summed E-state index contributed by atoms with van der Waals surface area (Å²) < 4.78 is 5.77. The summed E-state index contributed by atoms with van der Waals surface area (Å²) in [5.74, 6) is 0.742. The molecule has 2 atom stereocenters. The Kier molecular flexibility index (Phi) is 5.31. The van der Waals surface area contributed by atoms with Crippen LogP contribution >= 0.6 is 0 Å². The van der Waals surface area contributed by atoms with Crippen LogP contribution in [-0.4, -0.2) is 18.5 Å². The molecule has 0 amide bonds. The number of ketones is 1. The number of ether oxygens (including phenoxy) is 1. The van der Waals surface area contributed by atoms with Gasteiger partial charge >= 0.3 is 0 Å². The van der Waals surface area contributed by atoms with Gasteiger partial charge < -0.3 is 4.74 Å². The van der Waals surface area contributed by atoms with Gasteiger partial charge in [-0.2, -0.15) is 5.26 Å². The Bertz CT molecular complexity index is 487. The lowest BCUT2D eigenvalue weighted by molar-refractivity contribution is 0.0156. The van der Waals surface area contributed by atoms with E-state index in [1.54, 1.807) is 24.3 Å². The molecule has 0 aliphatic heterocycles. The molecule has 1 saturated carbocycles. The molecule has 1 aromatic carbocycles. The summed E-state index contributed by atoms with van der Waals surface area (Å²) in [5.41, 5.74) is 1.19. The number of carbonyl (C=O) groups excluding carboxylic acids is 1. The fourth-order valence-electron chi connectivity index (χ4n) is 2.77. The van der Waals surface area contributed by atoms with Gasteiger partial charge in [0.05, 0.1) is 17.7 Å². The van der Waals surface area contributed by atoms with Crippen LogP contribution in [0.15, 0.2) is 24.3 Å². The molecule has 0 N–H and O–H groups in total. The fourth-order valence-corrected chi connectivity index (χ4v) is 2.77. The first-order chi connectivity index (χ1) is 9.72. The standard InChI is InChI=1S/C17H21NO2/c1-2-13-4-3-5-16(10-13)20-12-17(19)15-8-6-14(11-18)7-9-15/h6-9,13,16H,2-5,10,12H2,1H3. The molecule has 3 heteroatoms. The maximum absolute atomic E-state index is 12.0. The Morgan fingerprint density at radius 3 is 2.75 bits per heavy atom. The van der Waals surface area contributed by atoms with E-state index < -0.39 is 0 Å². The van der Waals surface area contributed by atoms with E-state index in [1.165, 1.54) is 19.3 Å². The number of hydrogen-bond donors (Lipinski definition) is 0. The summed E-state index contributed by atoms with van der Waals surface area (Å²) in [6, 6.07) is 8.77. The summed E-state index contributed by atoms with van der Waals surface area (Å²) in [4.78, 5) is 12.0. The van der Waals surface area contributed by atoms with Crippen LogP contribution < -0.4 is 0 Å². The zero-order valence-electron chi connectivity index (χ0n) is 12.0. The van der Waals surface area contributed by atoms with Crippen molar-refractivity contribution in [1.82, 2.24) is 0 Å². The van der Waals surface area contributed by atoms with E-state index >= 15 is 0 Å². The normalized spacial score (nSPS) is 22.2. The van der Waals surface area contributed by atoms with Crippen LogP contribution in [0.25, 0.3) is 0 Å².